The van der Waals surface area contributed by atoms with Gasteiger partial charge in [0.1, 0.15) is 5.82 Å². The zero-order valence-electron chi connectivity index (χ0n) is 13.2. The van der Waals surface area contributed by atoms with Gasteiger partial charge in [0, 0.05) is 18.8 Å². The molecule has 3 heteroatoms. The van der Waals surface area contributed by atoms with Crippen molar-refractivity contribution in [1.29, 1.82) is 0 Å². The topological polar surface area (TPSA) is 17.8 Å². The number of para-hydroxylation sites is 1. The van der Waals surface area contributed by atoms with Crippen molar-refractivity contribution in [1.82, 2.24) is 9.55 Å². The summed E-state index contributed by atoms with van der Waals surface area (Å²) in [6.07, 6.45) is 7.65. The molecule has 21 heavy (non-hydrogen) atoms. The van der Waals surface area contributed by atoms with Crippen LogP contribution in [-0.4, -0.2) is 15.4 Å². The summed E-state index contributed by atoms with van der Waals surface area (Å²) in [7, 11) is 0. The van der Waals surface area contributed by atoms with Gasteiger partial charge in [-0.05, 0) is 36.8 Å². The summed E-state index contributed by atoms with van der Waals surface area (Å²) >= 11 is 6.00. The molecule has 1 heterocycles. The second kappa shape index (κ2) is 6.00. The van der Waals surface area contributed by atoms with Gasteiger partial charge in [-0.15, -0.1) is 11.6 Å². The quantitative estimate of drug-likeness (QED) is 0.719. The Bertz CT molecular complexity index is 623. The van der Waals surface area contributed by atoms with Crippen molar-refractivity contribution in [3.8, 4) is 0 Å². The molecule has 2 nitrogen and oxygen atoms in total. The van der Waals surface area contributed by atoms with E-state index in [1.807, 2.05) is 0 Å². The number of hydrogen-bond acceptors (Lipinski definition) is 1. The minimum absolute atomic E-state index is 0.413. The fraction of sp³-hybridized carbons (Fsp3) is 0.611. The second-order valence-corrected chi connectivity index (χ2v) is 7.25. The number of imidazole rings is 1. The highest BCUT2D eigenvalue weighted by molar-refractivity contribution is 6.17. The predicted octanol–water partition coefficient (Wildman–Crippen LogP) is 5.10. The monoisotopic (exact) mass is 304 g/mol. The highest BCUT2D eigenvalue weighted by atomic mass is 35.5. The largest absolute Gasteiger partial charge is 0.327 e. The van der Waals surface area contributed by atoms with Gasteiger partial charge in [-0.2, -0.15) is 0 Å². The van der Waals surface area contributed by atoms with Crippen molar-refractivity contribution in [3.05, 3.63) is 29.6 Å². The first-order valence-corrected chi connectivity index (χ1v) is 8.67. The number of aryl methyl sites for hydroxylation is 2. The summed E-state index contributed by atoms with van der Waals surface area (Å²) in [5.41, 5.74) is 4.10. The van der Waals surface area contributed by atoms with E-state index in [1.165, 1.54) is 43.2 Å². The minimum Gasteiger partial charge on any atom is -0.327 e. The van der Waals surface area contributed by atoms with Crippen LogP contribution in [-0.2, 0) is 13.0 Å². The van der Waals surface area contributed by atoms with Crippen LogP contribution in [0.25, 0.3) is 11.0 Å². The SMILES string of the molecule is Cc1cccc2c1nc(CCCl)n2CC1(C)CCCCC1. The third-order valence-corrected chi connectivity index (χ3v) is 5.17. The Morgan fingerprint density at radius 3 is 2.71 bits per heavy atom. The molecule has 0 bridgehead atoms. The summed E-state index contributed by atoms with van der Waals surface area (Å²) in [4.78, 5) is 4.88. The third-order valence-electron chi connectivity index (χ3n) is 4.98. The number of hydrogen-bond donors (Lipinski definition) is 0. The van der Waals surface area contributed by atoms with Gasteiger partial charge in [0.05, 0.1) is 11.0 Å². The van der Waals surface area contributed by atoms with E-state index in [0.717, 1.165) is 24.3 Å². The number of aromatic nitrogens is 2. The van der Waals surface area contributed by atoms with Crippen molar-refractivity contribution in [2.75, 3.05) is 5.88 Å². The zero-order chi connectivity index (χ0) is 14.9. The molecule has 0 saturated heterocycles. The number of rotatable bonds is 4. The molecule has 0 unspecified atom stereocenters. The van der Waals surface area contributed by atoms with E-state index in [4.69, 9.17) is 16.6 Å². The molecule has 0 atom stereocenters. The Morgan fingerprint density at radius 2 is 2.00 bits per heavy atom. The molecule has 0 amide bonds. The molecule has 1 aliphatic rings. The molecule has 3 rings (SSSR count). The van der Waals surface area contributed by atoms with Crippen LogP contribution in [0.15, 0.2) is 18.2 Å². The van der Waals surface area contributed by atoms with Crippen molar-refractivity contribution < 1.29 is 0 Å². The maximum Gasteiger partial charge on any atom is 0.111 e. The fourth-order valence-electron chi connectivity index (χ4n) is 3.73. The molecule has 1 saturated carbocycles. The third kappa shape index (κ3) is 2.96. The fourth-order valence-corrected chi connectivity index (χ4v) is 3.90. The van der Waals surface area contributed by atoms with Crippen molar-refractivity contribution in [2.45, 2.75) is 58.9 Å². The van der Waals surface area contributed by atoms with Gasteiger partial charge in [-0.1, -0.05) is 38.3 Å². The molecule has 1 fully saturated rings. The van der Waals surface area contributed by atoms with Crippen molar-refractivity contribution in [2.24, 2.45) is 5.41 Å². The van der Waals surface area contributed by atoms with Gasteiger partial charge in [0.25, 0.3) is 0 Å². The molecular weight excluding hydrogens is 280 g/mol. The summed E-state index contributed by atoms with van der Waals surface area (Å²) in [5, 5.41) is 0. The maximum absolute atomic E-state index is 6.00. The molecule has 2 aromatic rings. The molecule has 0 N–H and O–H groups in total. The number of fused-ring (bicyclic) bond motifs is 1. The number of alkyl halides is 1. The maximum atomic E-state index is 6.00. The van der Waals surface area contributed by atoms with Gasteiger partial charge in [0.15, 0.2) is 0 Å². The van der Waals surface area contributed by atoms with Gasteiger partial charge in [-0.3, -0.25) is 0 Å². The average molecular weight is 305 g/mol. The average Bonchev–Trinajstić information content (AvgIpc) is 2.80. The second-order valence-electron chi connectivity index (χ2n) is 6.87. The van der Waals surface area contributed by atoms with E-state index in [1.54, 1.807) is 0 Å². The first-order valence-electron chi connectivity index (χ1n) is 8.14. The minimum atomic E-state index is 0.413. The highest BCUT2D eigenvalue weighted by Crippen LogP contribution is 2.38. The van der Waals surface area contributed by atoms with Crippen molar-refractivity contribution in [3.63, 3.8) is 0 Å². The number of nitrogens with zero attached hydrogens (tertiary/aromatic N) is 2. The lowest BCUT2D eigenvalue weighted by atomic mass is 9.75. The van der Waals surface area contributed by atoms with Crippen LogP contribution < -0.4 is 0 Å². The lowest BCUT2D eigenvalue weighted by molar-refractivity contribution is 0.183. The molecule has 1 aromatic carbocycles. The summed E-state index contributed by atoms with van der Waals surface area (Å²) in [6, 6.07) is 6.50. The van der Waals surface area contributed by atoms with Gasteiger partial charge in [-0.25, -0.2) is 4.98 Å². The molecule has 0 spiro atoms. The zero-order valence-corrected chi connectivity index (χ0v) is 13.9. The smallest absolute Gasteiger partial charge is 0.111 e. The van der Waals surface area contributed by atoms with Crippen LogP contribution in [0.4, 0.5) is 0 Å². The van der Waals surface area contributed by atoms with E-state index >= 15 is 0 Å². The first-order chi connectivity index (χ1) is 10.1. The van der Waals surface area contributed by atoms with E-state index in [-0.39, 0.29) is 0 Å². The van der Waals surface area contributed by atoms with Crippen molar-refractivity contribution >= 4 is 22.6 Å². The molecule has 1 aromatic heterocycles. The van der Waals surface area contributed by atoms with Gasteiger partial charge in [0.2, 0.25) is 0 Å². The Hall–Kier alpha value is -1.02. The van der Waals surface area contributed by atoms with E-state index in [0.29, 0.717) is 11.3 Å². The lowest BCUT2D eigenvalue weighted by Crippen LogP contribution is -2.27. The van der Waals surface area contributed by atoms with Gasteiger partial charge < -0.3 is 4.57 Å². The summed E-state index contributed by atoms with van der Waals surface area (Å²) < 4.78 is 2.44. The Labute approximate surface area is 132 Å². The van der Waals surface area contributed by atoms with Crippen LogP contribution in [0, 0.1) is 12.3 Å². The first kappa shape index (κ1) is 14.9. The number of halogens is 1. The van der Waals surface area contributed by atoms with E-state index in [2.05, 4.69) is 36.6 Å². The standard InChI is InChI=1S/C18H25ClN2/c1-14-7-6-8-15-17(14)20-16(9-12-19)21(15)13-18(2)10-4-3-5-11-18/h6-8H,3-5,9-13H2,1-2H3. The van der Waals surface area contributed by atoms with Crippen LogP contribution in [0.2, 0.25) is 0 Å². The normalized spacial score (nSPS) is 18.2. The van der Waals surface area contributed by atoms with E-state index < -0.39 is 0 Å². The summed E-state index contributed by atoms with van der Waals surface area (Å²) in [6.45, 7) is 5.67. The Kier molecular flexibility index (Phi) is 4.26. The molecule has 114 valence electrons. The van der Waals surface area contributed by atoms with Crippen LogP contribution >= 0.6 is 11.6 Å². The molecule has 1 aliphatic carbocycles. The Balaban J connectivity index is 2.02. The van der Waals surface area contributed by atoms with Crippen LogP contribution in [0.1, 0.15) is 50.4 Å². The molecule has 0 aliphatic heterocycles. The van der Waals surface area contributed by atoms with Gasteiger partial charge >= 0.3 is 0 Å². The van der Waals surface area contributed by atoms with Crippen LogP contribution in [0.3, 0.4) is 0 Å². The number of benzene rings is 1. The Morgan fingerprint density at radius 1 is 1.24 bits per heavy atom. The van der Waals surface area contributed by atoms with E-state index in [9.17, 15) is 0 Å². The predicted molar refractivity (Wildman–Crippen MR) is 90.1 cm³/mol. The highest BCUT2D eigenvalue weighted by Gasteiger charge is 2.28. The summed E-state index contributed by atoms with van der Waals surface area (Å²) in [5.74, 6) is 1.79. The lowest BCUT2D eigenvalue weighted by Gasteiger charge is -2.34. The molecule has 0 radical (unpaired) electrons. The molecular formula is C18H25ClN2. The van der Waals surface area contributed by atoms with Crippen LogP contribution in [0.5, 0.6) is 0 Å².